The number of benzene rings is 5. The molecule has 16 N–H and O–H groups in total. The first kappa shape index (κ1) is 98.9. The van der Waals surface area contributed by atoms with Crippen molar-refractivity contribution in [3.63, 3.8) is 0 Å². The number of halogens is 2. The number of aromatic nitrogens is 10. The number of pyridine rings is 2. The normalized spacial score (nSPS) is 13.9. The number of carboxylic acid groups (broad SMARTS) is 1. The Labute approximate surface area is 754 Å². The Balaban J connectivity index is 0.000000285. The number of aromatic hydroxyl groups is 1. The van der Waals surface area contributed by atoms with Crippen LogP contribution in [-0.2, 0) is 72.5 Å². The predicted molar refractivity (Wildman–Crippen MR) is 490 cm³/mol. The number of carbonyl (C=O) groups is 8. The fourth-order valence-corrected chi connectivity index (χ4v) is 15.1. The number of hydrogen-bond acceptors (Lipinski definition) is 21. The maximum atomic E-state index is 14.7. The molecule has 682 valence electrons. The van der Waals surface area contributed by atoms with Gasteiger partial charge >= 0.3 is 12.1 Å². The van der Waals surface area contributed by atoms with Crippen LogP contribution in [0.25, 0.3) is 33.4 Å². The van der Waals surface area contributed by atoms with Crippen LogP contribution in [0, 0.1) is 5.92 Å². The molecule has 0 aliphatic carbocycles. The van der Waals surface area contributed by atoms with Crippen molar-refractivity contribution in [2.24, 2.45) is 22.4 Å². The van der Waals surface area contributed by atoms with Crippen molar-refractivity contribution in [1.29, 1.82) is 0 Å². The lowest BCUT2D eigenvalue weighted by Crippen LogP contribution is -2.59. The minimum absolute atomic E-state index is 0.0244. The maximum Gasteiger partial charge on any atom is 0.408 e. The summed E-state index contributed by atoms with van der Waals surface area (Å²) in [6.07, 6.45) is 13.9. The molecule has 36 heteroatoms. The van der Waals surface area contributed by atoms with Crippen LogP contribution in [-0.4, -0.2) is 210 Å². The molecule has 7 amide bonds. The fourth-order valence-electron chi connectivity index (χ4n) is 14.7. The highest BCUT2D eigenvalue weighted by atomic mass is 35.5. The molecule has 0 saturated carbocycles. The summed E-state index contributed by atoms with van der Waals surface area (Å²) in [4.78, 5) is 137. The number of unbranched alkanes of at least 4 members (excludes halogenated alkanes) is 2. The summed E-state index contributed by atoms with van der Waals surface area (Å²) in [6, 6.07) is 35.5. The number of carbonyl (C=O) groups excluding carboxylic acids is 7. The van der Waals surface area contributed by atoms with E-state index < -0.39 is 89.7 Å². The number of alkyl carbamates (subject to hydrolysis) is 1. The van der Waals surface area contributed by atoms with Gasteiger partial charge in [-0.05, 0) is 178 Å². The van der Waals surface area contributed by atoms with Gasteiger partial charge in [-0.2, -0.15) is 5.21 Å². The van der Waals surface area contributed by atoms with E-state index in [4.69, 9.17) is 39.4 Å². The standard InChI is InChI=1S/C52H69N13O11.C22H23ClN6O.C18H26ClN3/c1-3-32(2)43(50(73)74)64-48(71)42-17-11-25-65(42)49(72)41(27-36-29-56-31-59-36)62-46(69)39(60-47(70)40(26-33-18-20-37(66)21-19-33)61-44(67)35-14-9-22-55-28-35)15-7-8-23-57-45(68)38(16-10-24-58-51(53)54)63-52(75)76-30-34-12-5-4-6-13-34;1-2-3-8-20-24-21(23)19(14-30)29(20)13-15-9-11-16(12-10-15)17-6-4-5-7-18(17)22-25-27-28-26-22;1-4-22(5-2)12-6-7-14(3)21-17-10-11-20-18-13-15(19)8-9-16(17)18/h4-6,9,12-14,18-22,28-29,31-32,38-43,66H,3,7-8,10-11,15-17,23-27,30H2,1-2H3,(H,56,59)(H,57,68)(H,60,70)(H,61,67)(H,62,69)(H,63,75)(H,64,71)(H,73,74)(H4,53,54,58);4-7,9-12,30H,2-3,8,13-14H2,1H3,(H,25,26,27,28);8-11,13-14H,4-7,12H2,1-3H3,(H,20,21)/t32-,38-,39-,40-,41-,42-,43-;;/m0../s1. The second-order valence-corrected chi connectivity index (χ2v) is 32.1. The Bertz CT molecular complexity index is 5180. The number of aliphatic carboxylic acids is 1. The van der Waals surface area contributed by atoms with Gasteiger partial charge in [-0.3, -0.25) is 43.7 Å². The third kappa shape index (κ3) is 30.7. The molecule has 1 saturated heterocycles. The van der Waals surface area contributed by atoms with E-state index in [9.17, 15) is 53.7 Å². The van der Waals surface area contributed by atoms with Crippen LogP contribution in [0.1, 0.15) is 163 Å². The van der Waals surface area contributed by atoms with Crippen LogP contribution in [0.5, 0.6) is 5.75 Å². The van der Waals surface area contributed by atoms with E-state index in [1.165, 1.54) is 61.0 Å². The van der Waals surface area contributed by atoms with Gasteiger partial charge < -0.3 is 88.1 Å². The molecule has 128 heavy (non-hydrogen) atoms. The van der Waals surface area contributed by atoms with E-state index in [0.29, 0.717) is 59.8 Å². The van der Waals surface area contributed by atoms with Crippen molar-refractivity contribution in [3.05, 3.63) is 220 Å². The summed E-state index contributed by atoms with van der Waals surface area (Å²) in [5.41, 5.74) is 19.7. The van der Waals surface area contributed by atoms with Crippen molar-refractivity contribution in [2.45, 2.75) is 200 Å². The number of nitrogens with zero attached hydrogens (tertiary/aromatic N) is 11. The quantitative estimate of drug-likeness (QED) is 0.00958. The molecule has 8 atom stereocenters. The molecule has 1 unspecified atom stereocenters. The van der Waals surface area contributed by atoms with E-state index in [0.717, 1.165) is 94.0 Å². The number of carboxylic acids is 1. The summed E-state index contributed by atoms with van der Waals surface area (Å²) in [5, 5.41) is 66.2. The van der Waals surface area contributed by atoms with Gasteiger partial charge in [0.1, 0.15) is 54.4 Å². The van der Waals surface area contributed by atoms with Crippen molar-refractivity contribution in [1.82, 2.24) is 91.8 Å². The van der Waals surface area contributed by atoms with Crippen LogP contribution >= 0.6 is 23.2 Å². The number of phenols is 1. The van der Waals surface area contributed by atoms with Crippen molar-refractivity contribution in [2.75, 3.05) is 44.6 Å². The number of tetrazole rings is 1. The van der Waals surface area contributed by atoms with E-state index >= 15 is 0 Å². The van der Waals surface area contributed by atoms with Gasteiger partial charge in [0.2, 0.25) is 35.4 Å². The Morgan fingerprint density at radius 3 is 2.11 bits per heavy atom. The minimum atomic E-state index is -1.35. The number of imidazole rings is 2. The van der Waals surface area contributed by atoms with Crippen LogP contribution < -0.4 is 48.7 Å². The average molecular weight is 1800 g/mol. The number of nitrogens with two attached hydrogens (primary N) is 2. The van der Waals surface area contributed by atoms with Crippen molar-refractivity contribution in [3.8, 4) is 28.3 Å². The molecule has 0 bridgehead atoms. The number of amides is 7. The Morgan fingerprint density at radius 2 is 1.43 bits per heavy atom. The molecule has 34 nitrogen and oxygen atoms in total. The second kappa shape index (κ2) is 51.6. The number of hydrogen-bond donors (Lipinski definition) is 14. The molecular weight excluding hydrogens is 1680 g/mol. The number of aliphatic hydroxyl groups excluding tert-OH is 1. The third-order valence-electron chi connectivity index (χ3n) is 22.0. The average Bonchev–Trinajstić information content (AvgIpc) is 1.76. The van der Waals surface area contributed by atoms with Gasteiger partial charge in [0.05, 0.1) is 29.7 Å². The third-order valence-corrected chi connectivity index (χ3v) is 22.5. The largest absolute Gasteiger partial charge is 0.508 e. The molecule has 1 aliphatic heterocycles. The molecule has 6 heterocycles. The van der Waals surface area contributed by atoms with E-state index in [1.807, 2.05) is 65.4 Å². The number of ether oxygens (including phenoxy) is 1. The number of anilines is 1. The molecule has 11 rings (SSSR count). The van der Waals surface area contributed by atoms with Crippen LogP contribution in [0.3, 0.4) is 0 Å². The molecular formula is C92H118Cl2N22O12. The minimum Gasteiger partial charge on any atom is -0.508 e. The van der Waals surface area contributed by atoms with Gasteiger partial charge in [0, 0.05) is 104 Å². The lowest BCUT2D eigenvalue weighted by molar-refractivity contribution is -0.146. The van der Waals surface area contributed by atoms with Gasteiger partial charge in [-0.15, -0.1) is 10.2 Å². The lowest BCUT2D eigenvalue weighted by atomic mass is 9.98. The van der Waals surface area contributed by atoms with E-state index in [2.05, 4.69) is 145 Å². The molecule has 0 radical (unpaired) electrons. The first-order valence-corrected chi connectivity index (χ1v) is 44.1. The van der Waals surface area contributed by atoms with Crippen LogP contribution in [0.15, 0.2) is 176 Å². The first-order chi connectivity index (χ1) is 61.9. The van der Waals surface area contributed by atoms with Gasteiger partial charge in [-0.1, -0.05) is 162 Å². The maximum absolute atomic E-state index is 14.7. The van der Waals surface area contributed by atoms with Gasteiger partial charge in [0.15, 0.2) is 11.1 Å². The van der Waals surface area contributed by atoms with Crippen molar-refractivity contribution < 1.29 is 58.4 Å². The summed E-state index contributed by atoms with van der Waals surface area (Å²) in [6.45, 7) is 16.6. The number of aliphatic imine (C=N–C) groups is 1. The van der Waals surface area contributed by atoms with Gasteiger partial charge in [-0.25, -0.2) is 19.6 Å². The fraction of sp³-hybridized carbons (Fsp3) is 0.413. The Kier molecular flexibility index (Phi) is 39.9. The highest BCUT2D eigenvalue weighted by Gasteiger charge is 2.41. The molecule has 10 aromatic rings. The van der Waals surface area contributed by atoms with Crippen molar-refractivity contribution >= 4 is 93.3 Å². The highest BCUT2D eigenvalue weighted by Crippen LogP contribution is 2.32. The number of aliphatic hydroxyl groups is 1. The zero-order valence-electron chi connectivity index (χ0n) is 73.1. The molecule has 5 aromatic heterocycles. The smallest absolute Gasteiger partial charge is 0.408 e. The number of guanidine groups is 1. The number of fused-ring (bicyclic) bond motifs is 1. The molecule has 1 aliphatic rings. The Morgan fingerprint density at radius 1 is 0.711 bits per heavy atom. The summed E-state index contributed by atoms with van der Waals surface area (Å²) in [7, 11) is 0. The van der Waals surface area contributed by atoms with Crippen LogP contribution in [0.4, 0.5) is 10.5 Å². The monoisotopic (exact) mass is 1790 g/mol. The highest BCUT2D eigenvalue weighted by molar-refractivity contribution is 6.31. The van der Waals surface area contributed by atoms with Gasteiger partial charge in [0.25, 0.3) is 5.91 Å². The molecule has 1 fully saturated rings. The van der Waals surface area contributed by atoms with E-state index in [-0.39, 0.29) is 95.1 Å². The second-order valence-electron chi connectivity index (χ2n) is 31.3. The molecule has 5 aromatic carbocycles. The SMILES string of the molecule is CCCCc1nc(Cl)c(CO)n1Cc1ccc(-c2ccccc2-c2nn[nH]n2)cc1.CCN(CC)CCCC(C)Nc1ccnc2cc(Cl)ccc12.CC[C@H](C)[C@H](NC(=O)[C@@H]1CCCN1C(=O)[C@H](Cc1cnc[nH]1)NC(=O)[C@H](CCCCNC(=O)[C@H](CCCN=C(N)N)NC(=O)OCc1ccccc1)NC(=O)[C@H](Cc1ccc(O)cc1)NC(=O)c1cccnc1)C(=O)O. The zero-order valence-corrected chi connectivity index (χ0v) is 74.6. The topological polar surface area (TPSA) is 488 Å². The number of H-pyrrole nitrogens is 2. The lowest BCUT2D eigenvalue weighted by Gasteiger charge is -2.31. The van der Waals surface area contributed by atoms with Crippen LogP contribution in [0.2, 0.25) is 10.2 Å². The number of rotatable bonds is 45. The molecule has 0 spiro atoms. The zero-order chi connectivity index (χ0) is 91.9. The number of nitrogens with one attached hydrogen (secondary N) is 9. The predicted octanol–water partition coefficient (Wildman–Crippen LogP) is 10.4. The number of likely N-dealkylation sites (tertiary alicyclic amines) is 1. The Hall–Kier alpha value is -12.9. The first-order valence-electron chi connectivity index (χ1n) is 43.4. The summed E-state index contributed by atoms with van der Waals surface area (Å²) in [5.74, 6) is -4.30. The number of phenolic OH excluding ortho intramolecular Hbond substituents is 1. The van der Waals surface area contributed by atoms with E-state index in [1.54, 1.807) is 56.3 Å². The summed E-state index contributed by atoms with van der Waals surface area (Å²) >= 11 is 12.3. The number of aryl methyl sites for hydroxylation is 1. The summed E-state index contributed by atoms with van der Waals surface area (Å²) < 4.78 is 7.38. The number of aromatic amines is 2.